The highest BCUT2D eigenvalue weighted by Gasteiger charge is 2.36. The second-order valence-electron chi connectivity index (χ2n) is 5.54. The predicted molar refractivity (Wildman–Crippen MR) is 92.4 cm³/mol. The number of rotatable bonds is 2. The fraction of sp³-hybridized carbons (Fsp3) is 0.111. The highest BCUT2D eigenvalue weighted by atomic mass is 32.1. The van der Waals surface area contributed by atoms with Gasteiger partial charge in [-0.1, -0.05) is 30.3 Å². The first kappa shape index (κ1) is 14.5. The number of ether oxygens (including phenoxy) is 1. The van der Waals surface area contributed by atoms with Gasteiger partial charge in [-0.15, -0.1) is 16.4 Å². The number of nitrogens with zero attached hydrogens (tertiary/aromatic N) is 2. The zero-order valence-electron chi connectivity index (χ0n) is 12.9. The van der Waals surface area contributed by atoms with E-state index in [-0.39, 0.29) is 11.8 Å². The Hall–Kier alpha value is -3.04. The third kappa shape index (κ3) is 2.10. The number of thiophene rings is 1. The van der Waals surface area contributed by atoms with Gasteiger partial charge in [0.15, 0.2) is 0 Å². The van der Waals surface area contributed by atoms with Crippen LogP contribution in [0.15, 0.2) is 53.2 Å². The Morgan fingerprint density at radius 1 is 1.29 bits per heavy atom. The predicted octanol–water partition coefficient (Wildman–Crippen LogP) is 3.66. The lowest BCUT2D eigenvalue weighted by Gasteiger charge is -2.24. The van der Waals surface area contributed by atoms with Gasteiger partial charge in [-0.3, -0.25) is 5.10 Å². The van der Waals surface area contributed by atoms with Crippen LogP contribution in [0.3, 0.4) is 0 Å². The molecule has 4 rings (SSSR count). The minimum atomic E-state index is -0.279. The summed E-state index contributed by atoms with van der Waals surface area (Å²) in [7, 11) is 0. The number of aromatic nitrogens is 2. The van der Waals surface area contributed by atoms with E-state index in [1.165, 1.54) is 0 Å². The number of fused-ring (bicyclic) bond motifs is 1. The molecule has 0 bridgehead atoms. The van der Waals surface area contributed by atoms with E-state index >= 15 is 0 Å². The summed E-state index contributed by atoms with van der Waals surface area (Å²) >= 11 is 1.65. The van der Waals surface area contributed by atoms with E-state index in [4.69, 9.17) is 10.5 Å². The molecule has 1 unspecified atom stereocenters. The summed E-state index contributed by atoms with van der Waals surface area (Å²) in [5.41, 5.74) is 10.2. The van der Waals surface area contributed by atoms with Crippen LogP contribution in [0.2, 0.25) is 0 Å². The van der Waals surface area contributed by atoms with E-state index in [1.54, 1.807) is 11.3 Å². The molecule has 1 atom stereocenters. The largest absolute Gasteiger partial charge is 0.420 e. The molecular weight excluding hydrogens is 320 g/mol. The molecular formula is C18H14N4OS. The van der Waals surface area contributed by atoms with Gasteiger partial charge in [-0.25, -0.2) is 0 Å². The molecule has 0 fully saturated rings. The Morgan fingerprint density at radius 2 is 2.08 bits per heavy atom. The zero-order valence-corrected chi connectivity index (χ0v) is 13.7. The monoisotopic (exact) mass is 334 g/mol. The van der Waals surface area contributed by atoms with Crippen LogP contribution in [0.25, 0.3) is 11.3 Å². The van der Waals surface area contributed by atoms with Crippen molar-refractivity contribution in [3.8, 4) is 23.2 Å². The van der Waals surface area contributed by atoms with Crippen molar-refractivity contribution in [3.63, 3.8) is 0 Å². The second kappa shape index (κ2) is 5.55. The zero-order chi connectivity index (χ0) is 16.7. The van der Waals surface area contributed by atoms with Crippen LogP contribution in [0, 0.1) is 18.3 Å². The highest BCUT2D eigenvalue weighted by Crippen LogP contribution is 2.46. The summed E-state index contributed by atoms with van der Waals surface area (Å²) in [6.45, 7) is 2.04. The van der Waals surface area contributed by atoms with Crippen molar-refractivity contribution < 1.29 is 4.74 Å². The number of nitriles is 1. The number of nitrogens with two attached hydrogens (primary N) is 1. The molecule has 1 aliphatic heterocycles. The fourth-order valence-corrected chi connectivity index (χ4v) is 3.82. The van der Waals surface area contributed by atoms with Crippen LogP contribution in [-0.2, 0) is 0 Å². The van der Waals surface area contributed by atoms with Crippen molar-refractivity contribution >= 4 is 11.3 Å². The van der Waals surface area contributed by atoms with Gasteiger partial charge >= 0.3 is 0 Å². The summed E-state index contributed by atoms with van der Waals surface area (Å²) in [5.74, 6) is 0.270. The molecule has 0 aliphatic carbocycles. The van der Waals surface area contributed by atoms with Gasteiger partial charge in [0, 0.05) is 4.88 Å². The molecule has 24 heavy (non-hydrogen) atoms. The first-order chi connectivity index (χ1) is 11.7. The number of aryl methyl sites for hydroxylation is 1. The highest BCUT2D eigenvalue weighted by molar-refractivity contribution is 7.10. The van der Waals surface area contributed by atoms with Crippen LogP contribution < -0.4 is 10.5 Å². The Kier molecular flexibility index (Phi) is 3.36. The molecule has 3 N–H and O–H groups in total. The van der Waals surface area contributed by atoms with Crippen molar-refractivity contribution in [1.82, 2.24) is 10.2 Å². The smallest absolute Gasteiger partial charge is 0.244 e. The molecule has 0 saturated carbocycles. The molecule has 6 heteroatoms. The van der Waals surface area contributed by atoms with Gasteiger partial charge in [0.1, 0.15) is 11.6 Å². The molecule has 1 aromatic carbocycles. The lowest BCUT2D eigenvalue weighted by Crippen LogP contribution is -2.21. The van der Waals surface area contributed by atoms with Crippen molar-refractivity contribution in [1.29, 1.82) is 5.26 Å². The average Bonchev–Trinajstić information content (AvgIpc) is 3.20. The normalized spacial score (nSPS) is 16.4. The fourth-order valence-electron chi connectivity index (χ4n) is 3.08. The third-order valence-corrected chi connectivity index (χ3v) is 5.07. The number of hydrogen-bond donors (Lipinski definition) is 2. The molecule has 0 spiro atoms. The second-order valence-corrected chi connectivity index (χ2v) is 6.66. The standard InChI is InChI=1S/C18H14N4OS/c1-10-12(7-8-24-10)14-13(9-19)17(20)23-18-15(14)16(21-22-18)11-5-3-2-4-6-11/h2-8,14H,20H2,1H3,(H,21,22). The topological polar surface area (TPSA) is 87.7 Å². The molecule has 3 heterocycles. The Labute approximate surface area is 143 Å². The SMILES string of the molecule is Cc1sccc1C1C(C#N)=C(N)Oc2n[nH]c(-c3ccccc3)c21. The third-order valence-electron chi connectivity index (χ3n) is 4.21. The first-order valence-electron chi connectivity index (χ1n) is 7.46. The molecule has 5 nitrogen and oxygen atoms in total. The number of allylic oxidation sites excluding steroid dienone is 1. The lowest BCUT2D eigenvalue weighted by molar-refractivity contribution is 0.379. The number of H-pyrrole nitrogens is 1. The van der Waals surface area contributed by atoms with Crippen LogP contribution in [-0.4, -0.2) is 10.2 Å². The van der Waals surface area contributed by atoms with Gasteiger partial charge in [-0.2, -0.15) is 5.26 Å². The Balaban J connectivity index is 1.98. The maximum atomic E-state index is 9.65. The van der Waals surface area contributed by atoms with E-state index < -0.39 is 0 Å². The van der Waals surface area contributed by atoms with Crippen LogP contribution in [0.4, 0.5) is 0 Å². The minimum Gasteiger partial charge on any atom is -0.420 e. The Morgan fingerprint density at radius 3 is 2.75 bits per heavy atom. The van der Waals surface area contributed by atoms with E-state index in [2.05, 4.69) is 16.3 Å². The Bertz CT molecular complexity index is 978. The summed E-state index contributed by atoms with van der Waals surface area (Å²) < 4.78 is 5.60. The minimum absolute atomic E-state index is 0.117. The van der Waals surface area contributed by atoms with Crippen LogP contribution >= 0.6 is 11.3 Å². The summed E-state index contributed by atoms with van der Waals surface area (Å²) in [6.07, 6.45) is 0. The summed E-state index contributed by atoms with van der Waals surface area (Å²) in [4.78, 5) is 1.15. The van der Waals surface area contributed by atoms with E-state index in [9.17, 15) is 5.26 Å². The molecule has 0 radical (unpaired) electrons. The van der Waals surface area contributed by atoms with E-state index in [1.807, 2.05) is 48.7 Å². The van der Waals surface area contributed by atoms with Crippen LogP contribution in [0.5, 0.6) is 5.88 Å². The van der Waals surface area contributed by atoms with E-state index in [0.717, 1.165) is 27.3 Å². The van der Waals surface area contributed by atoms with Crippen molar-refractivity contribution in [2.24, 2.45) is 5.73 Å². The number of hydrogen-bond acceptors (Lipinski definition) is 5. The average molecular weight is 334 g/mol. The van der Waals surface area contributed by atoms with Crippen LogP contribution in [0.1, 0.15) is 21.9 Å². The van der Waals surface area contributed by atoms with Gasteiger partial charge in [-0.05, 0) is 29.5 Å². The summed E-state index contributed by atoms with van der Waals surface area (Å²) in [6, 6.07) is 14.1. The van der Waals surface area contributed by atoms with Gasteiger partial charge in [0.25, 0.3) is 0 Å². The van der Waals surface area contributed by atoms with Gasteiger partial charge in [0.2, 0.25) is 11.8 Å². The van der Waals surface area contributed by atoms with Crippen molar-refractivity contribution in [2.75, 3.05) is 0 Å². The number of aromatic amines is 1. The summed E-state index contributed by atoms with van der Waals surface area (Å²) in [5, 5.41) is 19.0. The van der Waals surface area contributed by atoms with Gasteiger partial charge < -0.3 is 10.5 Å². The van der Waals surface area contributed by atoms with E-state index in [0.29, 0.717) is 11.5 Å². The van der Waals surface area contributed by atoms with Crippen molar-refractivity contribution in [3.05, 3.63) is 69.2 Å². The van der Waals surface area contributed by atoms with Gasteiger partial charge in [0.05, 0.1) is 17.2 Å². The molecule has 1 aliphatic rings. The number of benzene rings is 1. The van der Waals surface area contributed by atoms with Crippen molar-refractivity contribution in [2.45, 2.75) is 12.8 Å². The lowest BCUT2D eigenvalue weighted by atomic mass is 9.83. The molecule has 0 amide bonds. The molecule has 0 saturated heterocycles. The molecule has 118 valence electrons. The maximum absolute atomic E-state index is 9.65. The maximum Gasteiger partial charge on any atom is 0.244 e. The molecule has 2 aromatic heterocycles. The first-order valence-corrected chi connectivity index (χ1v) is 8.34. The quantitative estimate of drug-likeness (QED) is 0.748. The number of nitrogens with one attached hydrogen (secondary N) is 1. The molecule has 3 aromatic rings.